The second-order valence-electron chi connectivity index (χ2n) is 1.91. The fourth-order valence-electron chi connectivity index (χ4n) is 0.655. The quantitative estimate of drug-likeness (QED) is 0.437. The molecule has 0 aliphatic carbocycles. The van der Waals surface area contributed by atoms with Crippen LogP contribution in [0.1, 0.15) is 6.92 Å². The minimum atomic E-state index is -0.286. The minimum Gasteiger partial charge on any atom is -0.427 e. The zero-order chi connectivity index (χ0) is 7.40. The fourth-order valence-corrected chi connectivity index (χ4v) is 0.655. The van der Waals surface area contributed by atoms with E-state index < -0.39 is 0 Å². The van der Waals surface area contributed by atoms with E-state index in [0.717, 1.165) is 0 Å². The average Bonchev–Trinajstić information content (AvgIpc) is 1.88. The second kappa shape index (κ2) is 5.85. The summed E-state index contributed by atoms with van der Waals surface area (Å²) in [6.45, 7) is 1.38. The van der Waals surface area contributed by atoms with E-state index in [1.807, 2.05) is 18.2 Å². The largest absolute Gasteiger partial charge is 0.427 e. The van der Waals surface area contributed by atoms with E-state index in [-0.39, 0.29) is 54.9 Å². The molecule has 0 atom stereocenters. The van der Waals surface area contributed by atoms with Gasteiger partial charge in [0, 0.05) is 55.8 Å². The molecule has 54 valence electrons. The van der Waals surface area contributed by atoms with Crippen LogP contribution in [0, 0.1) is 0 Å². The Bertz CT molecular complexity index is 221. The predicted octanol–water partition coefficient (Wildman–Crippen LogP) is 1.23. The first-order chi connectivity index (χ1) is 4.79. The second-order valence-corrected chi connectivity index (χ2v) is 1.91. The van der Waals surface area contributed by atoms with E-state index in [1.165, 1.54) is 6.92 Å². The third-order valence-corrected chi connectivity index (χ3v) is 1.00. The smallest absolute Gasteiger partial charge is 0.308 e. The van der Waals surface area contributed by atoms with Crippen LogP contribution in [-0.2, 0) is 4.79 Å². The van der Waals surface area contributed by atoms with Gasteiger partial charge in [0.05, 0.1) is 0 Å². The summed E-state index contributed by atoms with van der Waals surface area (Å²) in [5.41, 5.74) is 0. The van der Waals surface area contributed by atoms with Crippen LogP contribution in [0.5, 0.6) is 5.75 Å². The van der Waals surface area contributed by atoms with E-state index in [2.05, 4.69) is 0 Å². The van der Waals surface area contributed by atoms with Gasteiger partial charge in [0.25, 0.3) is 0 Å². The van der Waals surface area contributed by atoms with Crippen molar-refractivity contribution in [1.82, 2.24) is 0 Å². The molecule has 0 fully saturated rings. The Morgan fingerprint density at radius 2 is 1.82 bits per heavy atom. The summed E-state index contributed by atoms with van der Waals surface area (Å²) >= 11 is 0. The molecule has 0 saturated heterocycles. The van der Waals surface area contributed by atoms with Crippen LogP contribution in [0.4, 0.5) is 0 Å². The van der Waals surface area contributed by atoms with E-state index in [4.69, 9.17) is 4.74 Å². The molecule has 0 bridgehead atoms. The van der Waals surface area contributed by atoms with Crippen LogP contribution < -0.4 is 4.74 Å². The van der Waals surface area contributed by atoms with Crippen molar-refractivity contribution in [3.63, 3.8) is 0 Å². The van der Waals surface area contributed by atoms with Gasteiger partial charge in [0.15, 0.2) is 0 Å². The van der Waals surface area contributed by atoms with Gasteiger partial charge in [-0.15, -0.1) is 0 Å². The molecular formula is C8H8BaO2. The van der Waals surface area contributed by atoms with Crippen LogP contribution in [0.15, 0.2) is 30.3 Å². The maximum absolute atomic E-state index is 10.4. The third kappa shape index (κ3) is 4.66. The van der Waals surface area contributed by atoms with Gasteiger partial charge in [0.2, 0.25) is 0 Å². The molecule has 1 aromatic rings. The molecule has 0 aliphatic rings. The van der Waals surface area contributed by atoms with Gasteiger partial charge in [-0.3, -0.25) is 4.79 Å². The Balaban J connectivity index is 0.000001000. The zero-order valence-corrected chi connectivity index (χ0v) is 10.9. The van der Waals surface area contributed by atoms with Crippen LogP contribution in [0.3, 0.4) is 0 Å². The number of para-hydroxylation sites is 1. The van der Waals surface area contributed by atoms with Crippen molar-refractivity contribution in [1.29, 1.82) is 0 Å². The monoisotopic (exact) mass is 274 g/mol. The maximum Gasteiger partial charge on any atom is 0.308 e. The summed E-state index contributed by atoms with van der Waals surface area (Å²) in [5.74, 6) is 0.307. The molecule has 2 radical (unpaired) electrons. The standard InChI is InChI=1S/C8H8O2.Ba/c1-7(9)10-8-5-3-2-4-6-8;/h2-6H,1H3;. The Labute approximate surface area is 106 Å². The Morgan fingerprint density at radius 1 is 1.27 bits per heavy atom. The molecule has 1 rings (SSSR count). The number of carbonyl (C=O) groups is 1. The summed E-state index contributed by atoms with van der Waals surface area (Å²) in [7, 11) is 0. The first-order valence-electron chi connectivity index (χ1n) is 3.02. The molecule has 3 heteroatoms. The molecular weight excluding hydrogens is 265 g/mol. The van der Waals surface area contributed by atoms with Gasteiger partial charge in [-0.05, 0) is 12.1 Å². The van der Waals surface area contributed by atoms with Gasteiger partial charge >= 0.3 is 5.97 Å². The van der Waals surface area contributed by atoms with Crippen molar-refractivity contribution in [2.75, 3.05) is 0 Å². The molecule has 0 amide bonds. The molecule has 0 saturated carbocycles. The third-order valence-electron chi connectivity index (χ3n) is 1.00. The molecule has 1 aromatic carbocycles. The minimum absolute atomic E-state index is 0. The summed E-state index contributed by atoms with van der Waals surface area (Å²) in [6.07, 6.45) is 0. The van der Waals surface area contributed by atoms with Gasteiger partial charge in [-0.1, -0.05) is 18.2 Å². The van der Waals surface area contributed by atoms with Crippen molar-refractivity contribution in [2.45, 2.75) is 6.92 Å². The number of hydrogen-bond donors (Lipinski definition) is 0. The molecule has 0 aromatic heterocycles. The number of ether oxygens (including phenoxy) is 1. The van der Waals surface area contributed by atoms with E-state index in [9.17, 15) is 4.79 Å². The topological polar surface area (TPSA) is 26.3 Å². The van der Waals surface area contributed by atoms with Crippen molar-refractivity contribution in [3.8, 4) is 5.75 Å². The molecule has 0 aliphatic heterocycles. The summed E-state index contributed by atoms with van der Waals surface area (Å²) < 4.78 is 4.78. The fraction of sp³-hybridized carbons (Fsp3) is 0.125. The number of hydrogen-bond acceptors (Lipinski definition) is 2. The van der Waals surface area contributed by atoms with Crippen molar-refractivity contribution in [3.05, 3.63) is 30.3 Å². The van der Waals surface area contributed by atoms with Gasteiger partial charge in [-0.2, -0.15) is 0 Å². The van der Waals surface area contributed by atoms with Crippen molar-refractivity contribution in [2.24, 2.45) is 0 Å². The summed E-state index contributed by atoms with van der Waals surface area (Å²) in [6, 6.07) is 8.98. The van der Waals surface area contributed by atoms with Crippen LogP contribution in [0.25, 0.3) is 0 Å². The Hall–Kier alpha value is 0.261. The SMILES string of the molecule is CC(=O)Oc1ccccc1.[Ba]. The summed E-state index contributed by atoms with van der Waals surface area (Å²) in [5, 5.41) is 0. The number of benzene rings is 1. The molecule has 0 heterocycles. The number of esters is 1. The van der Waals surface area contributed by atoms with Crippen LogP contribution in [0.2, 0.25) is 0 Å². The van der Waals surface area contributed by atoms with Gasteiger partial charge < -0.3 is 4.74 Å². The average molecular weight is 273 g/mol. The molecule has 0 N–H and O–H groups in total. The van der Waals surface area contributed by atoms with E-state index in [1.54, 1.807) is 12.1 Å². The number of carbonyl (C=O) groups excluding carboxylic acids is 1. The maximum atomic E-state index is 10.4. The molecule has 0 spiro atoms. The van der Waals surface area contributed by atoms with Gasteiger partial charge in [0.1, 0.15) is 5.75 Å². The molecule has 2 nitrogen and oxygen atoms in total. The van der Waals surface area contributed by atoms with Crippen LogP contribution >= 0.6 is 0 Å². The molecule has 11 heavy (non-hydrogen) atoms. The van der Waals surface area contributed by atoms with Crippen LogP contribution in [-0.4, -0.2) is 54.9 Å². The van der Waals surface area contributed by atoms with E-state index >= 15 is 0 Å². The number of rotatable bonds is 1. The van der Waals surface area contributed by atoms with Crippen molar-refractivity contribution < 1.29 is 9.53 Å². The molecule has 0 unspecified atom stereocenters. The Morgan fingerprint density at radius 3 is 2.27 bits per heavy atom. The Kier molecular flexibility index (Phi) is 5.99. The normalized spacial score (nSPS) is 8.09. The summed E-state index contributed by atoms with van der Waals surface area (Å²) in [4.78, 5) is 10.4. The first-order valence-corrected chi connectivity index (χ1v) is 3.02. The van der Waals surface area contributed by atoms with Gasteiger partial charge in [-0.25, -0.2) is 0 Å². The predicted molar refractivity (Wildman–Crippen MR) is 43.5 cm³/mol. The van der Waals surface area contributed by atoms with Crippen molar-refractivity contribution >= 4 is 54.9 Å². The first kappa shape index (κ1) is 11.3. The zero-order valence-electron chi connectivity index (χ0n) is 6.41. The van der Waals surface area contributed by atoms with E-state index in [0.29, 0.717) is 5.75 Å².